The van der Waals surface area contributed by atoms with Gasteiger partial charge >= 0.3 is 0 Å². The lowest BCUT2D eigenvalue weighted by Crippen LogP contribution is -1.97. The summed E-state index contributed by atoms with van der Waals surface area (Å²) < 4.78 is 15.3. The number of hydrogen-bond acceptors (Lipinski definition) is 4. The first-order chi connectivity index (χ1) is 11.2. The van der Waals surface area contributed by atoms with Crippen molar-refractivity contribution in [2.45, 2.75) is 0 Å². The topological polar surface area (TPSA) is 69.1 Å². The van der Waals surface area contributed by atoms with E-state index in [4.69, 9.17) is 5.73 Å². The summed E-state index contributed by atoms with van der Waals surface area (Å²) in [6, 6.07) is 11.8. The van der Waals surface area contributed by atoms with Crippen LogP contribution in [0.4, 0.5) is 10.1 Å². The van der Waals surface area contributed by atoms with Crippen LogP contribution >= 0.6 is 0 Å². The summed E-state index contributed by atoms with van der Waals surface area (Å²) in [4.78, 5) is 8.36. The number of halogens is 1. The zero-order chi connectivity index (χ0) is 15.8. The van der Waals surface area contributed by atoms with Crippen molar-refractivity contribution < 1.29 is 4.39 Å². The molecule has 0 atom stereocenters. The van der Waals surface area contributed by atoms with Gasteiger partial charge in [0.25, 0.3) is 0 Å². The van der Waals surface area contributed by atoms with Gasteiger partial charge in [0.2, 0.25) is 0 Å². The van der Waals surface area contributed by atoms with Crippen molar-refractivity contribution in [3.05, 3.63) is 66.9 Å². The molecule has 0 radical (unpaired) electrons. The number of imidazole rings is 1. The van der Waals surface area contributed by atoms with Gasteiger partial charge in [-0.1, -0.05) is 0 Å². The molecule has 0 amide bonds. The van der Waals surface area contributed by atoms with E-state index < -0.39 is 0 Å². The standard InChI is InChI=1S/C17H12FN5/c18-13-7-12(8-14(19)9-13)15-1-2-17-21-10-16(23(17)22-15)11-3-5-20-6-4-11/h1-10H,19H2. The Hall–Kier alpha value is -3.28. The van der Waals surface area contributed by atoms with Gasteiger partial charge in [-0.05, 0) is 42.5 Å². The third-order valence-electron chi connectivity index (χ3n) is 3.55. The molecule has 5 nitrogen and oxygen atoms in total. The fraction of sp³-hybridized carbons (Fsp3) is 0. The van der Waals surface area contributed by atoms with Gasteiger partial charge in [-0.3, -0.25) is 4.98 Å². The average Bonchev–Trinajstić information content (AvgIpc) is 2.98. The Bertz CT molecular complexity index is 974. The smallest absolute Gasteiger partial charge is 0.154 e. The number of hydrogen-bond donors (Lipinski definition) is 1. The van der Waals surface area contributed by atoms with E-state index in [1.807, 2.05) is 18.2 Å². The molecule has 0 saturated heterocycles. The van der Waals surface area contributed by atoms with E-state index in [9.17, 15) is 4.39 Å². The van der Waals surface area contributed by atoms with Crippen molar-refractivity contribution in [1.82, 2.24) is 19.6 Å². The van der Waals surface area contributed by atoms with Crippen molar-refractivity contribution in [1.29, 1.82) is 0 Å². The zero-order valence-electron chi connectivity index (χ0n) is 12.0. The number of benzene rings is 1. The highest BCUT2D eigenvalue weighted by Gasteiger charge is 2.10. The summed E-state index contributed by atoms with van der Waals surface area (Å²) in [5, 5.41) is 4.58. The van der Waals surface area contributed by atoms with Crippen LogP contribution in [-0.2, 0) is 0 Å². The van der Waals surface area contributed by atoms with E-state index in [1.54, 1.807) is 35.2 Å². The molecule has 2 N–H and O–H groups in total. The number of nitrogen functional groups attached to an aromatic ring is 1. The van der Waals surface area contributed by atoms with E-state index in [0.29, 0.717) is 22.6 Å². The Morgan fingerprint density at radius 2 is 1.78 bits per heavy atom. The van der Waals surface area contributed by atoms with E-state index in [2.05, 4.69) is 15.1 Å². The fourth-order valence-corrected chi connectivity index (χ4v) is 2.51. The predicted molar refractivity (Wildman–Crippen MR) is 86.0 cm³/mol. The Morgan fingerprint density at radius 3 is 2.57 bits per heavy atom. The first-order valence-electron chi connectivity index (χ1n) is 7.02. The molecule has 0 unspecified atom stereocenters. The summed E-state index contributed by atoms with van der Waals surface area (Å²) in [5.41, 5.74) is 9.83. The predicted octanol–water partition coefficient (Wildman–Crippen LogP) is 3.18. The molecule has 0 fully saturated rings. The van der Waals surface area contributed by atoms with Crippen molar-refractivity contribution >= 4 is 11.3 Å². The summed E-state index contributed by atoms with van der Waals surface area (Å²) in [6.45, 7) is 0. The zero-order valence-corrected chi connectivity index (χ0v) is 12.0. The minimum atomic E-state index is -0.387. The lowest BCUT2D eigenvalue weighted by molar-refractivity contribution is 0.629. The van der Waals surface area contributed by atoms with Crippen LogP contribution < -0.4 is 5.73 Å². The Kier molecular flexibility index (Phi) is 3.01. The van der Waals surface area contributed by atoms with E-state index >= 15 is 0 Å². The Morgan fingerprint density at radius 1 is 0.957 bits per heavy atom. The first-order valence-corrected chi connectivity index (χ1v) is 7.02. The molecule has 0 spiro atoms. The van der Waals surface area contributed by atoms with Crippen LogP contribution in [0.5, 0.6) is 0 Å². The summed E-state index contributed by atoms with van der Waals surface area (Å²) in [5.74, 6) is -0.387. The van der Waals surface area contributed by atoms with Crippen molar-refractivity contribution in [3.63, 3.8) is 0 Å². The molecule has 0 aliphatic heterocycles. The van der Waals surface area contributed by atoms with Gasteiger partial charge in [0.05, 0.1) is 17.6 Å². The molecule has 1 aromatic carbocycles. The maximum atomic E-state index is 13.6. The van der Waals surface area contributed by atoms with Gasteiger partial charge in [-0.15, -0.1) is 0 Å². The molecule has 23 heavy (non-hydrogen) atoms. The number of nitrogens with two attached hydrogens (primary N) is 1. The minimum absolute atomic E-state index is 0.363. The van der Waals surface area contributed by atoms with E-state index in [-0.39, 0.29) is 5.82 Å². The number of anilines is 1. The lowest BCUT2D eigenvalue weighted by Gasteiger charge is -2.05. The average molecular weight is 305 g/mol. The van der Waals surface area contributed by atoms with E-state index in [1.165, 1.54) is 12.1 Å². The third-order valence-corrected chi connectivity index (χ3v) is 3.55. The molecular weight excluding hydrogens is 293 g/mol. The number of rotatable bonds is 2. The molecule has 0 bridgehead atoms. The molecule has 4 rings (SSSR count). The largest absolute Gasteiger partial charge is 0.399 e. The molecule has 0 saturated carbocycles. The molecule has 4 aromatic rings. The number of aromatic nitrogens is 4. The first kappa shape index (κ1) is 13.4. The van der Waals surface area contributed by atoms with Crippen molar-refractivity contribution in [2.24, 2.45) is 0 Å². The second kappa shape index (κ2) is 5.17. The third kappa shape index (κ3) is 2.40. The van der Waals surface area contributed by atoms with Gasteiger partial charge in [-0.2, -0.15) is 5.10 Å². The van der Waals surface area contributed by atoms with Crippen molar-refractivity contribution in [3.8, 4) is 22.5 Å². The van der Waals surface area contributed by atoms with Gasteiger partial charge in [0.1, 0.15) is 5.82 Å². The number of nitrogens with zero attached hydrogens (tertiary/aromatic N) is 4. The van der Waals surface area contributed by atoms with Crippen LogP contribution in [0.2, 0.25) is 0 Å². The molecular formula is C17H12FN5. The Balaban J connectivity index is 1.90. The van der Waals surface area contributed by atoms with Crippen LogP contribution in [0.15, 0.2) is 61.1 Å². The van der Waals surface area contributed by atoms with Gasteiger partial charge in [0, 0.05) is 29.2 Å². The van der Waals surface area contributed by atoms with Gasteiger partial charge < -0.3 is 5.73 Å². The highest BCUT2D eigenvalue weighted by molar-refractivity contribution is 5.67. The van der Waals surface area contributed by atoms with Crippen LogP contribution in [0, 0.1) is 5.82 Å². The van der Waals surface area contributed by atoms with E-state index in [0.717, 1.165) is 11.3 Å². The van der Waals surface area contributed by atoms with Gasteiger partial charge in [-0.25, -0.2) is 13.9 Å². The number of fused-ring (bicyclic) bond motifs is 1. The minimum Gasteiger partial charge on any atom is -0.399 e. The molecule has 3 heterocycles. The van der Waals surface area contributed by atoms with Crippen molar-refractivity contribution in [2.75, 3.05) is 5.73 Å². The quantitative estimate of drug-likeness (QED) is 0.577. The monoisotopic (exact) mass is 305 g/mol. The summed E-state index contributed by atoms with van der Waals surface area (Å²) in [7, 11) is 0. The van der Waals surface area contributed by atoms with Crippen LogP contribution in [0.25, 0.3) is 28.2 Å². The summed E-state index contributed by atoms with van der Waals surface area (Å²) >= 11 is 0. The molecule has 0 aliphatic rings. The maximum Gasteiger partial charge on any atom is 0.154 e. The highest BCUT2D eigenvalue weighted by atomic mass is 19.1. The fourth-order valence-electron chi connectivity index (χ4n) is 2.51. The SMILES string of the molecule is Nc1cc(F)cc(-c2ccc3ncc(-c4ccncc4)n3n2)c1. The van der Waals surface area contributed by atoms with Crippen LogP contribution in [0.1, 0.15) is 0 Å². The van der Waals surface area contributed by atoms with Crippen LogP contribution in [-0.4, -0.2) is 19.6 Å². The number of pyridine rings is 1. The Labute approximate surface area is 131 Å². The maximum absolute atomic E-state index is 13.6. The molecule has 0 aliphatic carbocycles. The molecule has 6 heteroatoms. The lowest BCUT2D eigenvalue weighted by atomic mass is 10.1. The second-order valence-corrected chi connectivity index (χ2v) is 5.14. The summed E-state index contributed by atoms with van der Waals surface area (Å²) in [6.07, 6.45) is 5.18. The molecule has 3 aromatic heterocycles. The highest BCUT2D eigenvalue weighted by Crippen LogP contribution is 2.24. The molecule has 112 valence electrons. The normalized spacial score (nSPS) is 11.0. The van der Waals surface area contributed by atoms with Crippen LogP contribution in [0.3, 0.4) is 0 Å². The second-order valence-electron chi connectivity index (χ2n) is 5.14. The van der Waals surface area contributed by atoms with Gasteiger partial charge in [0.15, 0.2) is 5.65 Å².